The molecule has 0 atom stereocenters. The summed E-state index contributed by atoms with van der Waals surface area (Å²) in [5.74, 6) is 0.276. The third-order valence-electron chi connectivity index (χ3n) is 6.00. The van der Waals surface area contributed by atoms with Crippen LogP contribution in [-0.2, 0) is 16.2 Å². The number of H-pyrrole nitrogens is 1. The number of aromatic nitrogens is 5. The lowest BCUT2D eigenvalue weighted by Crippen LogP contribution is -2.13. The predicted octanol–water partition coefficient (Wildman–Crippen LogP) is 6.16. The van der Waals surface area contributed by atoms with Crippen molar-refractivity contribution >= 4 is 32.5 Å². The highest BCUT2D eigenvalue weighted by molar-refractivity contribution is 7.89. The van der Waals surface area contributed by atoms with Gasteiger partial charge in [0.1, 0.15) is 28.9 Å². The van der Waals surface area contributed by atoms with Crippen LogP contribution in [0.2, 0.25) is 0 Å². The number of nitrogens with two attached hydrogens (primary N) is 1. The van der Waals surface area contributed by atoms with Crippen molar-refractivity contribution in [1.82, 2.24) is 24.5 Å². The van der Waals surface area contributed by atoms with Crippen LogP contribution in [-0.4, -0.2) is 33.0 Å². The van der Waals surface area contributed by atoms with Crippen molar-refractivity contribution in [3.8, 4) is 39.3 Å². The highest BCUT2D eigenvalue weighted by atomic mass is 32.2. The average molecular weight is 622 g/mol. The second kappa shape index (κ2) is 12.0. The number of sulfonamides is 1. The predicted molar refractivity (Wildman–Crippen MR) is 152 cm³/mol. The number of benzene rings is 3. The standard InChI is InChI=1S/C20H11F3N4O.C8H7N3O2S2/c21-20(22,23)14-4-5-15(12-6-7-26-27-11-12)18(8-14)28-17-3-1-2-16-19(17)13(9-24)10-25-16;9-15(12,13)7-4-2-1-3-6(7)8-10-5-11-14-8/h1-8,10-11,25H;1-5H,(H2,9,12,13). The van der Waals surface area contributed by atoms with Crippen LogP contribution in [0.4, 0.5) is 13.2 Å². The van der Waals surface area contributed by atoms with E-state index < -0.39 is 21.8 Å². The number of nitrogens with one attached hydrogen (secondary N) is 1. The van der Waals surface area contributed by atoms with Gasteiger partial charge in [-0.3, -0.25) is 0 Å². The molecule has 0 aliphatic heterocycles. The van der Waals surface area contributed by atoms with Crippen molar-refractivity contribution in [2.75, 3.05) is 0 Å². The lowest BCUT2D eigenvalue weighted by Gasteiger charge is -2.15. The molecule has 6 rings (SSSR count). The lowest BCUT2D eigenvalue weighted by molar-refractivity contribution is -0.137. The number of alkyl halides is 3. The maximum absolute atomic E-state index is 13.2. The second-order valence-corrected chi connectivity index (χ2v) is 11.0. The second-order valence-electron chi connectivity index (χ2n) is 8.72. The molecule has 3 aromatic carbocycles. The number of aromatic amines is 1. The van der Waals surface area contributed by atoms with E-state index in [0.29, 0.717) is 38.2 Å². The first-order chi connectivity index (χ1) is 20.6. The molecule has 3 N–H and O–H groups in total. The average Bonchev–Trinajstić information content (AvgIpc) is 3.68. The van der Waals surface area contributed by atoms with Gasteiger partial charge in [0, 0.05) is 22.9 Å². The summed E-state index contributed by atoms with van der Waals surface area (Å²) in [6.07, 6.45) is 1.26. The van der Waals surface area contributed by atoms with Crippen molar-refractivity contribution in [3.05, 3.63) is 103 Å². The smallest absolute Gasteiger partial charge is 0.416 e. The molecule has 0 saturated heterocycles. The van der Waals surface area contributed by atoms with Gasteiger partial charge in [0.2, 0.25) is 10.0 Å². The van der Waals surface area contributed by atoms with Gasteiger partial charge in [-0.05, 0) is 54.0 Å². The summed E-state index contributed by atoms with van der Waals surface area (Å²) in [5, 5.41) is 22.9. The summed E-state index contributed by atoms with van der Waals surface area (Å²) in [7, 11) is -3.72. The van der Waals surface area contributed by atoms with Crippen molar-refractivity contribution < 1.29 is 26.3 Å². The normalized spacial score (nSPS) is 11.4. The molecule has 0 aliphatic carbocycles. The first kappa shape index (κ1) is 29.3. The van der Waals surface area contributed by atoms with Gasteiger partial charge in [-0.1, -0.05) is 24.3 Å². The topological polar surface area (TPSA) is 161 Å². The zero-order valence-electron chi connectivity index (χ0n) is 21.6. The Balaban J connectivity index is 0.000000207. The lowest BCUT2D eigenvalue weighted by atomic mass is 10.0. The zero-order chi connectivity index (χ0) is 30.6. The fraction of sp³-hybridized carbons (Fsp3) is 0.0357. The monoisotopic (exact) mass is 621 g/mol. The number of halogens is 3. The molecule has 0 fully saturated rings. The van der Waals surface area contributed by atoms with E-state index >= 15 is 0 Å². The van der Waals surface area contributed by atoms with Crippen molar-refractivity contribution in [3.63, 3.8) is 0 Å². The minimum Gasteiger partial charge on any atom is -0.456 e. The van der Waals surface area contributed by atoms with Gasteiger partial charge in [0.15, 0.2) is 0 Å². The molecule has 0 aliphatic rings. The van der Waals surface area contributed by atoms with Gasteiger partial charge in [-0.15, -0.1) is 0 Å². The van der Waals surface area contributed by atoms with Crippen LogP contribution < -0.4 is 9.88 Å². The third-order valence-corrected chi connectivity index (χ3v) is 7.66. The molecule has 0 unspecified atom stereocenters. The number of primary sulfonamides is 1. The Bertz CT molecular complexity index is 2040. The first-order valence-corrected chi connectivity index (χ1v) is 14.4. The minimum atomic E-state index is -4.52. The van der Waals surface area contributed by atoms with Crippen LogP contribution in [0.3, 0.4) is 0 Å². The van der Waals surface area contributed by atoms with Crippen molar-refractivity contribution in [2.45, 2.75) is 11.1 Å². The number of nitrogens with zero attached hydrogens (tertiary/aromatic N) is 5. The highest BCUT2D eigenvalue weighted by Gasteiger charge is 2.31. The van der Waals surface area contributed by atoms with E-state index in [9.17, 15) is 26.9 Å². The van der Waals surface area contributed by atoms with Gasteiger partial charge in [0.25, 0.3) is 0 Å². The maximum atomic E-state index is 13.2. The molecule has 0 spiro atoms. The summed E-state index contributed by atoms with van der Waals surface area (Å²) < 4.78 is 72.0. The van der Waals surface area contributed by atoms with Crippen LogP contribution >= 0.6 is 11.5 Å². The summed E-state index contributed by atoms with van der Waals surface area (Å²) in [6, 6.07) is 18.4. The van der Waals surface area contributed by atoms with Gasteiger partial charge in [0.05, 0.1) is 39.3 Å². The molecule has 6 aromatic rings. The SMILES string of the molecule is N#Cc1c[nH]c2cccc(Oc3cc(C(F)(F)F)ccc3-c3ccnnc3)c12.NS(=O)(=O)c1ccccc1-c1ncns1. The molecular weight excluding hydrogens is 603 g/mol. The quantitative estimate of drug-likeness (QED) is 0.231. The maximum Gasteiger partial charge on any atom is 0.416 e. The van der Waals surface area contributed by atoms with E-state index in [4.69, 9.17) is 9.88 Å². The number of ether oxygens (including phenoxy) is 1. The number of fused-ring (bicyclic) bond motifs is 1. The Morgan fingerprint density at radius 3 is 2.47 bits per heavy atom. The van der Waals surface area contributed by atoms with Crippen LogP contribution in [0.5, 0.6) is 11.5 Å². The van der Waals surface area contributed by atoms with Crippen LogP contribution in [0.15, 0.2) is 96.5 Å². The molecule has 3 aromatic heterocycles. The Labute approximate surface area is 246 Å². The van der Waals surface area contributed by atoms with Crippen LogP contribution in [0.1, 0.15) is 11.1 Å². The fourth-order valence-corrected chi connectivity index (χ4v) is 5.47. The van der Waals surface area contributed by atoms with E-state index in [1.54, 1.807) is 42.5 Å². The largest absolute Gasteiger partial charge is 0.456 e. The molecule has 216 valence electrons. The Morgan fingerprint density at radius 2 is 1.79 bits per heavy atom. The molecule has 0 radical (unpaired) electrons. The molecule has 0 saturated carbocycles. The van der Waals surface area contributed by atoms with E-state index in [1.807, 2.05) is 6.07 Å². The van der Waals surface area contributed by atoms with E-state index in [1.165, 1.54) is 37.1 Å². The molecule has 10 nitrogen and oxygen atoms in total. The minimum absolute atomic E-state index is 0.000384. The number of rotatable bonds is 5. The van der Waals surface area contributed by atoms with E-state index in [-0.39, 0.29) is 16.4 Å². The molecule has 15 heteroatoms. The first-order valence-electron chi connectivity index (χ1n) is 12.1. The fourth-order valence-electron chi connectivity index (χ4n) is 4.10. The van der Waals surface area contributed by atoms with Crippen LogP contribution in [0.25, 0.3) is 32.6 Å². The Kier molecular flexibility index (Phi) is 8.17. The van der Waals surface area contributed by atoms with E-state index in [2.05, 4.69) is 24.5 Å². The molecule has 0 amide bonds. The van der Waals surface area contributed by atoms with Crippen molar-refractivity contribution in [1.29, 1.82) is 5.26 Å². The van der Waals surface area contributed by atoms with Gasteiger partial charge >= 0.3 is 6.18 Å². The third kappa shape index (κ3) is 6.51. The molecular formula is C28H18F3N7O3S2. The molecule has 3 heterocycles. The summed E-state index contributed by atoms with van der Waals surface area (Å²) in [4.78, 5) is 6.97. The molecule has 43 heavy (non-hydrogen) atoms. The zero-order valence-corrected chi connectivity index (χ0v) is 23.3. The van der Waals surface area contributed by atoms with Gasteiger partial charge in [-0.2, -0.15) is 33.0 Å². The Morgan fingerprint density at radius 1 is 0.977 bits per heavy atom. The summed E-state index contributed by atoms with van der Waals surface area (Å²) in [6.45, 7) is 0. The van der Waals surface area contributed by atoms with E-state index in [0.717, 1.165) is 23.7 Å². The number of nitriles is 1. The summed E-state index contributed by atoms with van der Waals surface area (Å²) >= 11 is 1.13. The van der Waals surface area contributed by atoms with Crippen LogP contribution in [0, 0.1) is 11.3 Å². The number of hydrogen-bond acceptors (Lipinski definition) is 9. The highest BCUT2D eigenvalue weighted by Crippen LogP contribution is 2.40. The van der Waals surface area contributed by atoms with Gasteiger partial charge in [-0.25, -0.2) is 18.5 Å². The molecule has 0 bridgehead atoms. The van der Waals surface area contributed by atoms with Gasteiger partial charge < -0.3 is 9.72 Å². The number of hydrogen-bond donors (Lipinski definition) is 2. The van der Waals surface area contributed by atoms with Crippen molar-refractivity contribution in [2.24, 2.45) is 5.14 Å². The summed E-state index contributed by atoms with van der Waals surface area (Å²) in [5.41, 5.74) is 1.62. The Hall–Kier alpha value is -5.17.